The first-order valence-electron chi connectivity index (χ1n) is 12.6. The van der Waals surface area contributed by atoms with Gasteiger partial charge in [-0.2, -0.15) is 0 Å². The number of fused-ring (bicyclic) bond motifs is 1. The van der Waals surface area contributed by atoms with Crippen LogP contribution >= 0.6 is 0 Å². The number of hydrogen-bond acceptors (Lipinski definition) is 6. The number of hydrogen-bond donors (Lipinski definition) is 1. The van der Waals surface area contributed by atoms with Crippen LogP contribution in [-0.2, 0) is 21.1 Å². The van der Waals surface area contributed by atoms with Gasteiger partial charge in [0.1, 0.15) is 17.8 Å². The van der Waals surface area contributed by atoms with E-state index in [2.05, 4.69) is 42.6 Å². The molecule has 34 heavy (non-hydrogen) atoms. The number of unbranched alkanes of at least 4 members (excludes halogenated alkanes) is 1. The van der Waals surface area contributed by atoms with Gasteiger partial charge in [0, 0.05) is 31.2 Å². The largest absolute Gasteiger partial charge is 0.444 e. The summed E-state index contributed by atoms with van der Waals surface area (Å²) in [6.45, 7) is 10.8. The molecule has 2 aromatic heterocycles. The van der Waals surface area contributed by atoms with Crippen molar-refractivity contribution in [2.75, 3.05) is 11.9 Å². The van der Waals surface area contributed by atoms with Gasteiger partial charge in [-0.1, -0.05) is 46.1 Å². The zero-order valence-corrected chi connectivity index (χ0v) is 20.8. The molecule has 0 bridgehead atoms. The van der Waals surface area contributed by atoms with Crippen molar-refractivity contribution in [2.24, 2.45) is 5.92 Å². The highest BCUT2D eigenvalue weighted by Crippen LogP contribution is 2.25. The normalized spacial score (nSPS) is 19.1. The molecular weight excluding hydrogens is 430 g/mol. The minimum absolute atomic E-state index is 0.0459. The Bertz CT molecular complexity index is 972. The zero-order chi connectivity index (χ0) is 24.5. The molecule has 3 heterocycles. The van der Waals surface area contributed by atoms with Crippen LogP contribution in [0.1, 0.15) is 72.1 Å². The second-order valence-corrected chi connectivity index (χ2v) is 9.31. The van der Waals surface area contributed by atoms with Gasteiger partial charge in [-0.05, 0) is 44.2 Å². The number of aromatic nitrogens is 3. The van der Waals surface area contributed by atoms with E-state index in [1.54, 1.807) is 0 Å². The van der Waals surface area contributed by atoms with Crippen molar-refractivity contribution in [1.82, 2.24) is 19.4 Å². The van der Waals surface area contributed by atoms with E-state index in [1.165, 1.54) is 31.7 Å². The van der Waals surface area contributed by atoms with Crippen LogP contribution in [-0.4, -0.2) is 49.9 Å². The molecule has 3 atom stereocenters. The van der Waals surface area contributed by atoms with Crippen LogP contribution in [0.2, 0.25) is 0 Å². The molecule has 0 aromatic carbocycles. The van der Waals surface area contributed by atoms with Crippen molar-refractivity contribution < 1.29 is 14.3 Å². The second kappa shape index (κ2) is 12.5. The van der Waals surface area contributed by atoms with Crippen LogP contribution in [0.5, 0.6) is 0 Å². The average molecular weight is 470 g/mol. The fourth-order valence-electron chi connectivity index (χ4n) is 4.65. The van der Waals surface area contributed by atoms with Crippen molar-refractivity contribution in [3.63, 3.8) is 0 Å². The number of amides is 1. The smallest absolute Gasteiger partial charge is 0.307 e. The number of carbonyl (C=O) groups is 2. The van der Waals surface area contributed by atoms with E-state index < -0.39 is 0 Å². The van der Waals surface area contributed by atoms with E-state index in [4.69, 9.17) is 4.74 Å². The Morgan fingerprint density at radius 3 is 2.85 bits per heavy atom. The molecule has 1 aliphatic rings. The number of carbonyl (C=O) groups excluding carboxylic acids is 2. The monoisotopic (exact) mass is 469 g/mol. The fourth-order valence-corrected chi connectivity index (χ4v) is 4.65. The lowest BCUT2D eigenvalue weighted by atomic mass is 9.94. The van der Waals surface area contributed by atoms with Crippen LogP contribution in [0.3, 0.4) is 0 Å². The maximum atomic E-state index is 12.3. The number of ether oxygens (including phenoxy) is 1. The molecule has 1 amide bonds. The highest BCUT2D eigenvalue weighted by molar-refractivity contribution is 5.88. The number of rotatable bonds is 12. The SMILES string of the molecule is C=CC(=O)N1C[C@H](Nc2ncnc3c2ccn3COC(=O)CCC(CC)CCCC)CC[C@@H]1C. The van der Waals surface area contributed by atoms with Crippen molar-refractivity contribution in [3.8, 4) is 0 Å². The Kier molecular flexibility index (Phi) is 9.48. The molecule has 1 fully saturated rings. The van der Waals surface area contributed by atoms with Crippen LogP contribution < -0.4 is 5.32 Å². The Morgan fingerprint density at radius 1 is 1.29 bits per heavy atom. The Morgan fingerprint density at radius 2 is 2.12 bits per heavy atom. The number of nitrogens with zero attached hydrogens (tertiary/aromatic N) is 4. The summed E-state index contributed by atoms with van der Waals surface area (Å²) in [6, 6.07) is 2.23. The van der Waals surface area contributed by atoms with Gasteiger partial charge in [0.15, 0.2) is 6.73 Å². The van der Waals surface area contributed by atoms with Gasteiger partial charge in [-0.3, -0.25) is 14.2 Å². The zero-order valence-electron chi connectivity index (χ0n) is 20.8. The van der Waals surface area contributed by atoms with E-state index in [9.17, 15) is 9.59 Å². The molecule has 1 saturated heterocycles. The van der Waals surface area contributed by atoms with E-state index in [-0.39, 0.29) is 30.7 Å². The maximum absolute atomic E-state index is 12.3. The first-order valence-corrected chi connectivity index (χ1v) is 12.6. The van der Waals surface area contributed by atoms with E-state index >= 15 is 0 Å². The molecule has 0 radical (unpaired) electrons. The summed E-state index contributed by atoms with van der Waals surface area (Å²) in [4.78, 5) is 35.2. The number of piperidine rings is 1. The lowest BCUT2D eigenvalue weighted by Crippen LogP contribution is -2.49. The van der Waals surface area contributed by atoms with Gasteiger partial charge in [-0.15, -0.1) is 0 Å². The molecule has 8 heteroatoms. The highest BCUT2D eigenvalue weighted by Gasteiger charge is 2.28. The first kappa shape index (κ1) is 25.7. The number of esters is 1. The van der Waals surface area contributed by atoms with Gasteiger partial charge in [0.25, 0.3) is 0 Å². The highest BCUT2D eigenvalue weighted by atomic mass is 16.5. The van der Waals surface area contributed by atoms with Crippen LogP contribution in [0.15, 0.2) is 31.2 Å². The third-order valence-electron chi connectivity index (χ3n) is 6.90. The maximum Gasteiger partial charge on any atom is 0.307 e. The van der Waals surface area contributed by atoms with Crippen molar-refractivity contribution in [2.45, 2.75) is 91.0 Å². The molecule has 0 spiro atoms. The Labute approximate surface area is 202 Å². The summed E-state index contributed by atoms with van der Waals surface area (Å²) >= 11 is 0. The minimum Gasteiger partial charge on any atom is -0.444 e. The summed E-state index contributed by atoms with van der Waals surface area (Å²) in [5.41, 5.74) is 0.711. The number of likely N-dealkylation sites (tertiary alicyclic amines) is 1. The van der Waals surface area contributed by atoms with E-state index in [1.807, 2.05) is 21.7 Å². The molecule has 1 N–H and O–H groups in total. The summed E-state index contributed by atoms with van der Waals surface area (Å²) in [7, 11) is 0. The van der Waals surface area contributed by atoms with Crippen LogP contribution in [0.25, 0.3) is 11.0 Å². The standard InChI is InChI=1S/C26H39N5O3/c1-5-8-9-20(6-2)11-13-24(33)34-18-30-15-14-22-25(27-17-28-26(22)30)29-21-12-10-19(4)31(16-21)23(32)7-3/h7,14-15,17,19-21H,3,5-6,8-13,16,18H2,1-2,4H3,(H,27,28,29)/t19-,20?,21+/m0/s1. The molecule has 3 rings (SSSR count). The van der Waals surface area contributed by atoms with E-state index in [0.29, 0.717) is 24.5 Å². The van der Waals surface area contributed by atoms with Crippen molar-refractivity contribution in [3.05, 3.63) is 31.2 Å². The van der Waals surface area contributed by atoms with Crippen molar-refractivity contribution >= 4 is 28.7 Å². The van der Waals surface area contributed by atoms with Gasteiger partial charge in [-0.25, -0.2) is 9.97 Å². The van der Waals surface area contributed by atoms with Gasteiger partial charge in [0.2, 0.25) is 5.91 Å². The molecule has 0 aliphatic carbocycles. The number of nitrogens with one attached hydrogen (secondary N) is 1. The Hall–Kier alpha value is -2.90. The lowest BCUT2D eigenvalue weighted by Gasteiger charge is -2.38. The quantitative estimate of drug-likeness (QED) is 0.351. The first-order chi connectivity index (χ1) is 16.5. The summed E-state index contributed by atoms with van der Waals surface area (Å²) in [5.74, 6) is 1.09. The Balaban J connectivity index is 1.58. The molecule has 1 unspecified atom stereocenters. The third-order valence-corrected chi connectivity index (χ3v) is 6.90. The fraction of sp³-hybridized carbons (Fsp3) is 0.615. The molecule has 2 aromatic rings. The molecular formula is C26H39N5O3. The minimum atomic E-state index is -0.174. The van der Waals surface area contributed by atoms with Crippen LogP contribution in [0, 0.1) is 5.92 Å². The average Bonchev–Trinajstić information content (AvgIpc) is 3.27. The van der Waals surface area contributed by atoms with Crippen LogP contribution in [0.4, 0.5) is 5.82 Å². The van der Waals surface area contributed by atoms with Gasteiger partial charge < -0.3 is 15.0 Å². The molecule has 186 valence electrons. The number of anilines is 1. The topological polar surface area (TPSA) is 89.3 Å². The second-order valence-electron chi connectivity index (χ2n) is 9.31. The summed E-state index contributed by atoms with van der Waals surface area (Å²) in [6.07, 6.45) is 12.6. The van der Waals surface area contributed by atoms with Gasteiger partial charge in [0.05, 0.1) is 5.39 Å². The predicted molar refractivity (Wildman–Crippen MR) is 134 cm³/mol. The summed E-state index contributed by atoms with van der Waals surface area (Å²) in [5, 5.41) is 4.35. The molecule has 0 saturated carbocycles. The van der Waals surface area contributed by atoms with E-state index in [0.717, 1.165) is 36.9 Å². The molecule has 8 nitrogen and oxygen atoms in total. The lowest BCUT2D eigenvalue weighted by molar-refractivity contribution is -0.147. The summed E-state index contributed by atoms with van der Waals surface area (Å²) < 4.78 is 7.36. The molecule has 1 aliphatic heterocycles. The van der Waals surface area contributed by atoms with Gasteiger partial charge >= 0.3 is 5.97 Å². The predicted octanol–water partition coefficient (Wildman–Crippen LogP) is 4.91. The third kappa shape index (κ3) is 6.58. The van der Waals surface area contributed by atoms with Crippen molar-refractivity contribution in [1.29, 1.82) is 0 Å².